The molecule has 0 saturated carbocycles. The Balaban J connectivity index is 1.98. The molecule has 1 amide bonds. The number of allylic oxidation sites excluding steroid dienone is 1. The average Bonchev–Trinajstić information content (AvgIpc) is 2.71. The third-order valence-corrected chi connectivity index (χ3v) is 5.65. The van der Waals surface area contributed by atoms with Crippen molar-refractivity contribution in [2.24, 2.45) is 0 Å². The molecular formula is C25H26FN3O. The molecule has 2 aromatic carbocycles. The van der Waals surface area contributed by atoms with Gasteiger partial charge in [0.25, 0.3) is 5.91 Å². The molecule has 2 aromatic rings. The summed E-state index contributed by atoms with van der Waals surface area (Å²) in [6.07, 6.45) is 4.18. The second-order valence-electron chi connectivity index (χ2n) is 8.07. The van der Waals surface area contributed by atoms with Gasteiger partial charge in [0.15, 0.2) is 0 Å². The number of likely N-dealkylation sites (N-methyl/N-ethyl adjacent to an activating group) is 1. The molecule has 1 aliphatic rings. The minimum absolute atomic E-state index is 0.147. The van der Waals surface area contributed by atoms with Crippen LogP contribution < -0.4 is 10.2 Å². The number of carbonyl (C=O) groups excluding carboxylic acids is 1. The maximum Gasteiger partial charge on any atom is 0.266 e. The third-order valence-electron chi connectivity index (χ3n) is 5.65. The van der Waals surface area contributed by atoms with E-state index in [2.05, 4.69) is 25.2 Å². The number of carbonyl (C=O) groups is 1. The van der Waals surface area contributed by atoms with Crippen molar-refractivity contribution in [1.82, 2.24) is 0 Å². The molecule has 0 atom stereocenters. The highest BCUT2D eigenvalue weighted by Gasteiger charge is 2.29. The van der Waals surface area contributed by atoms with Gasteiger partial charge in [-0.15, -0.1) is 0 Å². The number of para-hydroxylation sites is 1. The summed E-state index contributed by atoms with van der Waals surface area (Å²) in [5, 5.41) is 12.3. The smallest absolute Gasteiger partial charge is 0.266 e. The molecule has 0 saturated heterocycles. The Morgan fingerprint density at radius 2 is 2.00 bits per heavy atom. The highest BCUT2D eigenvalue weighted by Crippen LogP contribution is 2.39. The van der Waals surface area contributed by atoms with Gasteiger partial charge in [-0.1, -0.05) is 31.2 Å². The fourth-order valence-corrected chi connectivity index (χ4v) is 3.74. The van der Waals surface area contributed by atoms with Crippen LogP contribution in [-0.2, 0) is 11.2 Å². The lowest BCUT2D eigenvalue weighted by Gasteiger charge is -2.40. The second kappa shape index (κ2) is 8.16. The van der Waals surface area contributed by atoms with Crippen LogP contribution in [-0.4, -0.2) is 18.5 Å². The summed E-state index contributed by atoms with van der Waals surface area (Å²) >= 11 is 0. The van der Waals surface area contributed by atoms with Gasteiger partial charge in [-0.05, 0) is 62.6 Å². The highest BCUT2D eigenvalue weighted by atomic mass is 19.1. The lowest BCUT2D eigenvalue weighted by atomic mass is 9.88. The maximum absolute atomic E-state index is 14.9. The zero-order valence-corrected chi connectivity index (χ0v) is 18.0. The molecule has 0 unspecified atom stereocenters. The van der Waals surface area contributed by atoms with Crippen LogP contribution in [0.3, 0.4) is 0 Å². The van der Waals surface area contributed by atoms with Crippen molar-refractivity contribution in [2.75, 3.05) is 17.3 Å². The number of benzene rings is 2. The van der Waals surface area contributed by atoms with Crippen molar-refractivity contribution >= 4 is 28.9 Å². The van der Waals surface area contributed by atoms with Crippen molar-refractivity contribution in [2.45, 2.75) is 39.7 Å². The summed E-state index contributed by atoms with van der Waals surface area (Å²) in [6, 6.07) is 12.5. The van der Waals surface area contributed by atoms with E-state index in [0.717, 1.165) is 28.8 Å². The Hall–Kier alpha value is -3.39. The van der Waals surface area contributed by atoms with Gasteiger partial charge in [-0.3, -0.25) is 4.79 Å². The molecule has 0 spiro atoms. The lowest BCUT2D eigenvalue weighted by molar-refractivity contribution is -0.112. The molecule has 0 radical (unpaired) electrons. The lowest BCUT2D eigenvalue weighted by Crippen LogP contribution is -2.42. The summed E-state index contributed by atoms with van der Waals surface area (Å²) in [4.78, 5) is 14.7. The van der Waals surface area contributed by atoms with Crippen molar-refractivity contribution in [1.29, 1.82) is 5.26 Å². The summed E-state index contributed by atoms with van der Waals surface area (Å²) in [7, 11) is 1.93. The number of aryl methyl sites for hydroxylation is 1. The number of hydrogen-bond donors (Lipinski definition) is 1. The number of nitrogens with one attached hydrogen (secondary N) is 1. The summed E-state index contributed by atoms with van der Waals surface area (Å²) in [6.45, 7) is 8.11. The first-order valence-corrected chi connectivity index (χ1v) is 9.96. The van der Waals surface area contributed by atoms with Gasteiger partial charge in [-0.25, -0.2) is 4.39 Å². The normalized spacial score (nSPS) is 15.2. The fraction of sp³-hybridized carbons (Fsp3) is 0.280. The molecule has 3 rings (SSSR count). The van der Waals surface area contributed by atoms with E-state index in [9.17, 15) is 14.4 Å². The van der Waals surface area contributed by atoms with Crippen LogP contribution in [0.2, 0.25) is 0 Å². The fourth-order valence-electron chi connectivity index (χ4n) is 3.74. The number of halogens is 1. The van der Waals surface area contributed by atoms with E-state index in [-0.39, 0.29) is 16.7 Å². The van der Waals surface area contributed by atoms with Crippen LogP contribution in [0.5, 0.6) is 0 Å². The molecule has 30 heavy (non-hydrogen) atoms. The minimum atomic E-state index is -0.555. The first-order valence-electron chi connectivity index (χ1n) is 9.96. The minimum Gasteiger partial charge on any atom is -0.365 e. The largest absolute Gasteiger partial charge is 0.365 e. The molecular weight excluding hydrogens is 377 g/mol. The molecule has 4 nitrogen and oxygen atoms in total. The summed E-state index contributed by atoms with van der Waals surface area (Å²) < 4.78 is 14.9. The van der Waals surface area contributed by atoms with E-state index in [1.54, 1.807) is 12.1 Å². The maximum atomic E-state index is 14.9. The topological polar surface area (TPSA) is 56.1 Å². The van der Waals surface area contributed by atoms with Crippen molar-refractivity contribution in [3.63, 3.8) is 0 Å². The SMILES string of the molecule is CCc1ccccc1NC(=O)/C(C#N)=C/c1cc2c(cc1F)N(C)C(C)(C)C=C2C. The number of fused-ring (bicyclic) bond motifs is 1. The van der Waals surface area contributed by atoms with Gasteiger partial charge >= 0.3 is 0 Å². The number of anilines is 2. The van der Waals surface area contributed by atoms with Crippen LogP contribution in [0.1, 0.15) is 44.4 Å². The Bertz CT molecular complexity index is 1110. The molecule has 0 aromatic heterocycles. The van der Waals surface area contributed by atoms with Crippen molar-refractivity contribution in [3.8, 4) is 6.07 Å². The van der Waals surface area contributed by atoms with E-state index in [1.807, 2.05) is 50.1 Å². The zero-order chi connectivity index (χ0) is 22.1. The van der Waals surface area contributed by atoms with Crippen molar-refractivity contribution in [3.05, 3.63) is 70.6 Å². The molecule has 1 N–H and O–H groups in total. The molecule has 0 bridgehead atoms. The Kier molecular flexibility index (Phi) is 5.80. The second-order valence-corrected chi connectivity index (χ2v) is 8.07. The highest BCUT2D eigenvalue weighted by molar-refractivity contribution is 6.10. The van der Waals surface area contributed by atoms with Gasteiger partial charge in [0.2, 0.25) is 0 Å². The zero-order valence-electron chi connectivity index (χ0n) is 18.0. The van der Waals surface area contributed by atoms with Crippen LogP contribution in [0.4, 0.5) is 15.8 Å². The molecule has 1 aliphatic heterocycles. The average molecular weight is 404 g/mol. The van der Waals surface area contributed by atoms with E-state index < -0.39 is 11.7 Å². The van der Waals surface area contributed by atoms with E-state index in [0.29, 0.717) is 5.69 Å². The van der Waals surface area contributed by atoms with Gasteiger partial charge < -0.3 is 10.2 Å². The molecule has 1 heterocycles. The Morgan fingerprint density at radius 1 is 1.30 bits per heavy atom. The van der Waals surface area contributed by atoms with Gasteiger partial charge in [0.05, 0.1) is 5.54 Å². The van der Waals surface area contributed by atoms with Crippen molar-refractivity contribution < 1.29 is 9.18 Å². The van der Waals surface area contributed by atoms with E-state index in [4.69, 9.17) is 0 Å². The standard InChI is InChI=1S/C25H26FN3O/c1-6-17-9-7-8-10-22(17)28-24(30)19(15-27)11-18-12-20-16(2)14-25(3,4)29(5)23(20)13-21(18)26/h7-14H,6H2,1-5H3,(H,28,30)/b19-11+. The summed E-state index contributed by atoms with van der Waals surface area (Å²) in [5.74, 6) is -1.03. The monoisotopic (exact) mass is 403 g/mol. The van der Waals surface area contributed by atoms with E-state index >= 15 is 0 Å². The summed E-state index contributed by atoms with van der Waals surface area (Å²) in [5.41, 5.74) is 4.16. The molecule has 5 heteroatoms. The number of nitriles is 1. The first kappa shape index (κ1) is 21.3. The number of hydrogen-bond acceptors (Lipinski definition) is 3. The first-order chi connectivity index (χ1) is 14.2. The molecule has 0 fully saturated rings. The van der Waals surface area contributed by atoms with Crippen LogP contribution >= 0.6 is 0 Å². The predicted molar refractivity (Wildman–Crippen MR) is 121 cm³/mol. The Labute approximate surface area is 177 Å². The van der Waals surface area contributed by atoms with Gasteiger partial charge in [0.1, 0.15) is 17.5 Å². The quantitative estimate of drug-likeness (QED) is 0.537. The van der Waals surface area contributed by atoms with Gasteiger partial charge in [-0.2, -0.15) is 5.26 Å². The van der Waals surface area contributed by atoms with E-state index in [1.165, 1.54) is 12.1 Å². The van der Waals surface area contributed by atoms with Crippen LogP contribution in [0.25, 0.3) is 11.6 Å². The molecule has 154 valence electrons. The number of amides is 1. The van der Waals surface area contributed by atoms with Crippen LogP contribution in [0, 0.1) is 17.1 Å². The number of nitrogens with zero attached hydrogens (tertiary/aromatic N) is 2. The number of rotatable bonds is 4. The van der Waals surface area contributed by atoms with Crippen LogP contribution in [0.15, 0.2) is 48.0 Å². The molecule has 0 aliphatic carbocycles. The Morgan fingerprint density at radius 3 is 2.67 bits per heavy atom. The van der Waals surface area contributed by atoms with Gasteiger partial charge in [0, 0.05) is 29.5 Å². The predicted octanol–water partition coefficient (Wildman–Crippen LogP) is 5.57. The third kappa shape index (κ3) is 3.99.